The highest BCUT2D eigenvalue weighted by molar-refractivity contribution is 5.79. The Morgan fingerprint density at radius 3 is 3.11 bits per heavy atom. The lowest BCUT2D eigenvalue weighted by atomic mass is 9.94. The van der Waals surface area contributed by atoms with Crippen molar-refractivity contribution in [1.82, 2.24) is 14.5 Å². The quantitative estimate of drug-likeness (QED) is 0.874. The fourth-order valence-electron chi connectivity index (χ4n) is 2.57. The third kappa shape index (κ3) is 2.06. The van der Waals surface area contributed by atoms with E-state index in [2.05, 4.69) is 9.97 Å². The van der Waals surface area contributed by atoms with Crippen LogP contribution in [-0.2, 0) is 7.05 Å². The van der Waals surface area contributed by atoms with Crippen molar-refractivity contribution in [3.05, 3.63) is 18.6 Å². The average Bonchev–Trinajstić information content (AvgIpc) is 2.73. The zero-order valence-corrected chi connectivity index (χ0v) is 10.5. The van der Waals surface area contributed by atoms with E-state index in [0.29, 0.717) is 5.88 Å². The van der Waals surface area contributed by atoms with E-state index in [0.717, 1.165) is 36.7 Å². The smallest absolute Gasteiger partial charge is 0.242 e. The highest BCUT2D eigenvalue weighted by atomic mass is 16.5. The average molecular weight is 246 g/mol. The number of aromatic nitrogens is 3. The third-order valence-electron chi connectivity index (χ3n) is 3.55. The normalized spacial score (nSPS) is 24.3. The topological polar surface area (TPSA) is 66.0 Å². The summed E-state index contributed by atoms with van der Waals surface area (Å²) in [4.78, 5) is 8.65. The minimum absolute atomic E-state index is 0.175. The van der Waals surface area contributed by atoms with E-state index in [-0.39, 0.29) is 12.1 Å². The maximum absolute atomic E-state index is 5.99. The van der Waals surface area contributed by atoms with Crippen LogP contribution in [0.2, 0.25) is 0 Å². The maximum Gasteiger partial charge on any atom is 0.242 e. The molecule has 1 saturated carbocycles. The summed E-state index contributed by atoms with van der Waals surface area (Å²) in [6.07, 6.45) is 7.91. The number of fused-ring (bicyclic) bond motifs is 1. The molecule has 0 saturated heterocycles. The second kappa shape index (κ2) is 4.57. The predicted octanol–water partition coefficient (Wildman–Crippen LogP) is 1.62. The van der Waals surface area contributed by atoms with Crippen LogP contribution in [0.1, 0.15) is 25.7 Å². The summed E-state index contributed by atoms with van der Waals surface area (Å²) in [6, 6.07) is 2.20. The molecule has 2 atom stereocenters. The van der Waals surface area contributed by atoms with Gasteiger partial charge < -0.3 is 15.0 Å². The SMILES string of the molecule is Cn1cnc2c(OC3CCCC(N)C3)nccc21. The minimum atomic E-state index is 0.175. The van der Waals surface area contributed by atoms with E-state index >= 15 is 0 Å². The Kier molecular flexibility index (Phi) is 2.91. The van der Waals surface area contributed by atoms with Gasteiger partial charge in [-0.3, -0.25) is 0 Å². The number of nitrogens with zero attached hydrogens (tertiary/aromatic N) is 3. The first-order valence-corrected chi connectivity index (χ1v) is 6.42. The molecule has 1 fully saturated rings. The highest BCUT2D eigenvalue weighted by Gasteiger charge is 2.22. The highest BCUT2D eigenvalue weighted by Crippen LogP contribution is 2.26. The monoisotopic (exact) mass is 246 g/mol. The van der Waals surface area contributed by atoms with Crippen molar-refractivity contribution in [1.29, 1.82) is 0 Å². The Morgan fingerprint density at radius 1 is 1.39 bits per heavy atom. The first-order valence-electron chi connectivity index (χ1n) is 6.42. The Balaban J connectivity index is 1.86. The summed E-state index contributed by atoms with van der Waals surface area (Å²) in [6.45, 7) is 0. The molecular weight excluding hydrogens is 228 g/mol. The summed E-state index contributed by atoms with van der Waals surface area (Å²) >= 11 is 0. The molecule has 2 N–H and O–H groups in total. The number of hydrogen-bond acceptors (Lipinski definition) is 4. The maximum atomic E-state index is 5.99. The Bertz CT molecular complexity index is 551. The van der Waals surface area contributed by atoms with Crippen LogP contribution in [0, 0.1) is 0 Å². The van der Waals surface area contributed by atoms with E-state index in [1.807, 2.05) is 17.7 Å². The van der Waals surface area contributed by atoms with Crippen molar-refractivity contribution in [2.75, 3.05) is 0 Å². The molecule has 0 aliphatic heterocycles. The Morgan fingerprint density at radius 2 is 2.28 bits per heavy atom. The van der Waals surface area contributed by atoms with E-state index in [1.54, 1.807) is 12.5 Å². The van der Waals surface area contributed by atoms with Crippen molar-refractivity contribution in [3.63, 3.8) is 0 Å². The molecule has 2 unspecified atom stereocenters. The molecule has 0 aromatic carbocycles. The van der Waals surface area contributed by atoms with Gasteiger partial charge in [0.1, 0.15) is 6.10 Å². The number of pyridine rings is 1. The fourth-order valence-corrected chi connectivity index (χ4v) is 2.57. The van der Waals surface area contributed by atoms with Gasteiger partial charge >= 0.3 is 0 Å². The zero-order chi connectivity index (χ0) is 12.5. The van der Waals surface area contributed by atoms with Crippen LogP contribution in [0.3, 0.4) is 0 Å². The molecule has 0 amide bonds. The molecule has 5 heteroatoms. The molecule has 3 rings (SSSR count). The lowest BCUT2D eigenvalue weighted by Gasteiger charge is -2.26. The molecule has 0 radical (unpaired) electrons. The summed E-state index contributed by atoms with van der Waals surface area (Å²) in [5.41, 5.74) is 7.85. The molecule has 96 valence electrons. The number of rotatable bonds is 2. The predicted molar refractivity (Wildman–Crippen MR) is 69.4 cm³/mol. The zero-order valence-electron chi connectivity index (χ0n) is 10.5. The van der Waals surface area contributed by atoms with Crippen LogP contribution in [0.15, 0.2) is 18.6 Å². The second-order valence-electron chi connectivity index (χ2n) is 5.01. The molecule has 1 aliphatic rings. The summed E-state index contributed by atoms with van der Waals surface area (Å²) in [7, 11) is 1.97. The standard InChI is InChI=1S/C13H18N4O/c1-17-8-16-12-11(17)5-6-15-13(12)18-10-4-2-3-9(14)7-10/h5-6,8-10H,2-4,7,14H2,1H3. The van der Waals surface area contributed by atoms with Crippen LogP contribution >= 0.6 is 0 Å². The first-order chi connectivity index (χ1) is 8.74. The minimum Gasteiger partial charge on any atom is -0.473 e. The summed E-state index contributed by atoms with van der Waals surface area (Å²) in [5.74, 6) is 0.632. The largest absolute Gasteiger partial charge is 0.473 e. The van der Waals surface area contributed by atoms with Gasteiger partial charge in [-0.1, -0.05) is 0 Å². The Labute approximate surface area is 106 Å². The first kappa shape index (κ1) is 11.5. The van der Waals surface area contributed by atoms with E-state index < -0.39 is 0 Å². The van der Waals surface area contributed by atoms with E-state index in [9.17, 15) is 0 Å². The number of nitrogens with two attached hydrogens (primary N) is 1. The van der Waals surface area contributed by atoms with Crippen LogP contribution < -0.4 is 10.5 Å². The molecule has 2 heterocycles. The Hall–Kier alpha value is -1.62. The van der Waals surface area contributed by atoms with Gasteiger partial charge in [-0.25, -0.2) is 9.97 Å². The summed E-state index contributed by atoms with van der Waals surface area (Å²) < 4.78 is 7.95. The molecule has 2 aromatic rings. The van der Waals surface area contributed by atoms with E-state index in [1.165, 1.54) is 0 Å². The molecule has 0 spiro atoms. The van der Waals surface area contributed by atoms with Crippen molar-refractivity contribution < 1.29 is 4.74 Å². The van der Waals surface area contributed by atoms with Gasteiger partial charge in [0.25, 0.3) is 0 Å². The third-order valence-corrected chi connectivity index (χ3v) is 3.55. The lowest BCUT2D eigenvalue weighted by Crippen LogP contribution is -2.33. The molecule has 1 aliphatic carbocycles. The van der Waals surface area contributed by atoms with Gasteiger partial charge in [0.2, 0.25) is 5.88 Å². The number of hydrogen-bond donors (Lipinski definition) is 1. The summed E-state index contributed by atoms with van der Waals surface area (Å²) in [5, 5.41) is 0. The lowest BCUT2D eigenvalue weighted by molar-refractivity contribution is 0.140. The molecular formula is C13H18N4O. The van der Waals surface area contributed by atoms with E-state index in [4.69, 9.17) is 10.5 Å². The second-order valence-corrected chi connectivity index (χ2v) is 5.01. The molecule has 18 heavy (non-hydrogen) atoms. The van der Waals surface area contributed by atoms with Gasteiger partial charge in [-0.05, 0) is 31.7 Å². The van der Waals surface area contributed by atoms with Crippen molar-refractivity contribution >= 4 is 11.0 Å². The van der Waals surface area contributed by atoms with Crippen LogP contribution in [-0.4, -0.2) is 26.7 Å². The molecule has 0 bridgehead atoms. The fraction of sp³-hybridized carbons (Fsp3) is 0.538. The van der Waals surface area contributed by atoms with Crippen molar-refractivity contribution in [2.45, 2.75) is 37.8 Å². The molecule has 2 aromatic heterocycles. The van der Waals surface area contributed by atoms with Gasteiger partial charge in [-0.2, -0.15) is 0 Å². The van der Waals surface area contributed by atoms with Gasteiger partial charge in [0, 0.05) is 19.3 Å². The van der Waals surface area contributed by atoms with Gasteiger partial charge in [0.15, 0.2) is 5.52 Å². The number of ether oxygens (including phenoxy) is 1. The number of aryl methyl sites for hydroxylation is 1. The van der Waals surface area contributed by atoms with Crippen LogP contribution in [0.25, 0.3) is 11.0 Å². The van der Waals surface area contributed by atoms with Gasteiger partial charge in [-0.15, -0.1) is 0 Å². The van der Waals surface area contributed by atoms with Crippen molar-refractivity contribution in [3.8, 4) is 5.88 Å². The molecule has 5 nitrogen and oxygen atoms in total. The van der Waals surface area contributed by atoms with Crippen molar-refractivity contribution in [2.24, 2.45) is 12.8 Å². The van der Waals surface area contributed by atoms with Crippen LogP contribution in [0.5, 0.6) is 5.88 Å². The van der Waals surface area contributed by atoms with Crippen LogP contribution in [0.4, 0.5) is 0 Å². The number of imidazole rings is 1. The van der Waals surface area contributed by atoms with Gasteiger partial charge in [0.05, 0.1) is 11.8 Å².